The van der Waals surface area contributed by atoms with Crippen molar-refractivity contribution in [3.63, 3.8) is 0 Å². The smallest absolute Gasteiger partial charge is 0.303 e. The van der Waals surface area contributed by atoms with E-state index in [0.717, 1.165) is 22.3 Å². The molecule has 2 rings (SSSR count). The Morgan fingerprint density at radius 2 is 1.25 bits per heavy atom. The molecule has 4 nitrogen and oxygen atoms in total. The highest BCUT2D eigenvalue weighted by molar-refractivity contribution is 5.77. The van der Waals surface area contributed by atoms with E-state index in [1.54, 1.807) is 0 Å². The first-order valence-electron chi connectivity index (χ1n) is 6.51. The molecule has 104 valence electrons. The van der Waals surface area contributed by atoms with Gasteiger partial charge in [-0.15, -0.1) is 0 Å². The van der Waals surface area contributed by atoms with Gasteiger partial charge in [-0.3, -0.25) is 9.59 Å². The first kappa shape index (κ1) is 14.1. The van der Waals surface area contributed by atoms with Crippen LogP contribution in [0.5, 0.6) is 0 Å². The van der Waals surface area contributed by atoms with Crippen LogP contribution in [0.15, 0.2) is 36.4 Å². The van der Waals surface area contributed by atoms with Crippen molar-refractivity contribution >= 4 is 11.9 Å². The lowest BCUT2D eigenvalue weighted by Gasteiger charge is -2.00. The van der Waals surface area contributed by atoms with Crippen molar-refractivity contribution in [1.29, 1.82) is 0 Å². The number of carboxylic acids is 2. The molecular weight excluding hydrogens is 256 g/mol. The molecular formula is C16H16O4. The number of fused-ring (bicyclic) bond motifs is 1. The first-order valence-corrected chi connectivity index (χ1v) is 6.51. The second-order valence-corrected chi connectivity index (χ2v) is 4.72. The molecule has 0 spiro atoms. The molecule has 0 radical (unpaired) electrons. The molecule has 0 amide bonds. The monoisotopic (exact) mass is 272 g/mol. The Balaban J connectivity index is 2.33. The fraction of sp³-hybridized carbons (Fsp3) is 0.250. The normalized spacial score (nSPS) is 10.6. The first-order chi connectivity index (χ1) is 9.58. The second kappa shape index (κ2) is 6.19. The zero-order chi connectivity index (χ0) is 14.5. The molecule has 2 aliphatic rings. The van der Waals surface area contributed by atoms with Crippen LogP contribution in [-0.4, -0.2) is 22.2 Å². The molecule has 2 aliphatic carbocycles. The summed E-state index contributed by atoms with van der Waals surface area (Å²) in [5.74, 6) is -1.65. The van der Waals surface area contributed by atoms with E-state index in [-0.39, 0.29) is 12.8 Å². The molecule has 4 heteroatoms. The summed E-state index contributed by atoms with van der Waals surface area (Å²) < 4.78 is 0. The fourth-order valence-corrected chi connectivity index (χ4v) is 2.37. The molecule has 0 atom stereocenters. The van der Waals surface area contributed by atoms with Crippen molar-refractivity contribution in [3.8, 4) is 11.1 Å². The summed E-state index contributed by atoms with van der Waals surface area (Å²) >= 11 is 0. The van der Waals surface area contributed by atoms with Crippen LogP contribution in [0.3, 0.4) is 0 Å². The summed E-state index contributed by atoms with van der Waals surface area (Å²) in [5, 5.41) is 17.6. The zero-order valence-electron chi connectivity index (χ0n) is 11.0. The molecule has 0 aromatic carbocycles. The minimum atomic E-state index is -0.827. The van der Waals surface area contributed by atoms with Gasteiger partial charge in [0.25, 0.3) is 0 Å². The fourth-order valence-electron chi connectivity index (χ4n) is 2.37. The molecule has 0 aliphatic heterocycles. The van der Waals surface area contributed by atoms with Crippen LogP contribution < -0.4 is 0 Å². The Kier molecular flexibility index (Phi) is 4.35. The van der Waals surface area contributed by atoms with E-state index in [4.69, 9.17) is 10.2 Å². The third-order valence-electron chi connectivity index (χ3n) is 3.29. The molecule has 20 heavy (non-hydrogen) atoms. The van der Waals surface area contributed by atoms with Gasteiger partial charge >= 0.3 is 11.9 Å². The lowest BCUT2D eigenvalue weighted by molar-refractivity contribution is -0.137. The van der Waals surface area contributed by atoms with Crippen molar-refractivity contribution in [3.05, 3.63) is 47.5 Å². The molecule has 0 heterocycles. The van der Waals surface area contributed by atoms with Gasteiger partial charge < -0.3 is 10.2 Å². The maximum absolute atomic E-state index is 10.7. The number of hydrogen-bond donors (Lipinski definition) is 2. The summed E-state index contributed by atoms with van der Waals surface area (Å²) in [5.41, 5.74) is 3.96. The van der Waals surface area contributed by atoms with Gasteiger partial charge in [0.15, 0.2) is 0 Å². The Morgan fingerprint density at radius 1 is 0.800 bits per heavy atom. The molecule has 0 unspecified atom stereocenters. The van der Waals surface area contributed by atoms with Gasteiger partial charge in [0.1, 0.15) is 0 Å². The number of aliphatic carboxylic acids is 2. The maximum atomic E-state index is 10.7. The topological polar surface area (TPSA) is 74.6 Å². The molecule has 0 aromatic heterocycles. The largest absolute Gasteiger partial charge is 0.481 e. The maximum Gasteiger partial charge on any atom is 0.303 e. The van der Waals surface area contributed by atoms with E-state index >= 15 is 0 Å². The van der Waals surface area contributed by atoms with Gasteiger partial charge in [-0.2, -0.15) is 0 Å². The van der Waals surface area contributed by atoms with Crippen LogP contribution in [0.25, 0.3) is 11.1 Å². The molecule has 0 saturated heterocycles. The molecule has 0 fully saturated rings. The average Bonchev–Trinajstić information content (AvgIpc) is 2.57. The van der Waals surface area contributed by atoms with E-state index < -0.39 is 11.9 Å². The van der Waals surface area contributed by atoms with Gasteiger partial charge in [0.2, 0.25) is 0 Å². The lowest BCUT2D eigenvalue weighted by atomic mass is 10.0. The third kappa shape index (κ3) is 3.35. The van der Waals surface area contributed by atoms with E-state index in [2.05, 4.69) is 0 Å². The van der Waals surface area contributed by atoms with Gasteiger partial charge in [-0.25, -0.2) is 0 Å². The molecule has 0 saturated carbocycles. The van der Waals surface area contributed by atoms with Gasteiger partial charge in [-0.1, -0.05) is 36.4 Å². The summed E-state index contributed by atoms with van der Waals surface area (Å²) in [6.07, 6.45) is 1.08. The summed E-state index contributed by atoms with van der Waals surface area (Å²) in [6, 6.07) is 11.6. The highest BCUT2D eigenvalue weighted by Crippen LogP contribution is 2.33. The minimum Gasteiger partial charge on any atom is -0.481 e. The number of hydrogen-bond acceptors (Lipinski definition) is 2. The van der Waals surface area contributed by atoms with Crippen molar-refractivity contribution in [2.45, 2.75) is 25.7 Å². The highest BCUT2D eigenvalue weighted by Gasteiger charge is 2.15. The lowest BCUT2D eigenvalue weighted by Crippen LogP contribution is -1.97. The second-order valence-electron chi connectivity index (χ2n) is 4.72. The Labute approximate surface area is 117 Å². The Morgan fingerprint density at radius 3 is 1.65 bits per heavy atom. The van der Waals surface area contributed by atoms with E-state index in [9.17, 15) is 9.59 Å². The Hall–Kier alpha value is -2.36. The van der Waals surface area contributed by atoms with Crippen molar-refractivity contribution in [2.24, 2.45) is 0 Å². The van der Waals surface area contributed by atoms with E-state index in [1.165, 1.54) is 0 Å². The van der Waals surface area contributed by atoms with Crippen LogP contribution in [0.1, 0.15) is 24.0 Å². The summed E-state index contributed by atoms with van der Waals surface area (Å²) in [7, 11) is 0. The zero-order valence-corrected chi connectivity index (χ0v) is 11.0. The number of rotatable bonds is 6. The Bertz CT molecular complexity index is 554. The van der Waals surface area contributed by atoms with Crippen molar-refractivity contribution in [1.82, 2.24) is 0 Å². The summed E-state index contributed by atoms with van der Waals surface area (Å²) in [4.78, 5) is 21.4. The third-order valence-corrected chi connectivity index (χ3v) is 3.29. The van der Waals surface area contributed by atoms with Crippen LogP contribution in [0.4, 0.5) is 0 Å². The van der Waals surface area contributed by atoms with Crippen LogP contribution in [0.2, 0.25) is 0 Å². The van der Waals surface area contributed by atoms with Gasteiger partial charge in [-0.05, 0) is 35.1 Å². The van der Waals surface area contributed by atoms with Crippen LogP contribution in [-0.2, 0) is 22.4 Å². The van der Waals surface area contributed by atoms with Crippen molar-refractivity contribution in [2.75, 3.05) is 0 Å². The predicted octanol–water partition coefficient (Wildman–Crippen LogP) is 2.83. The van der Waals surface area contributed by atoms with E-state index in [0.29, 0.717) is 12.8 Å². The quantitative estimate of drug-likeness (QED) is 0.848. The highest BCUT2D eigenvalue weighted by atomic mass is 16.4. The van der Waals surface area contributed by atoms with E-state index in [1.807, 2.05) is 36.4 Å². The number of aryl methyl sites for hydroxylation is 2. The van der Waals surface area contributed by atoms with Crippen LogP contribution in [0, 0.1) is 0 Å². The number of carboxylic acid groups (broad SMARTS) is 2. The molecule has 2 N–H and O–H groups in total. The van der Waals surface area contributed by atoms with Crippen LogP contribution >= 0.6 is 0 Å². The molecule has 0 aromatic rings. The predicted molar refractivity (Wildman–Crippen MR) is 75.0 cm³/mol. The van der Waals surface area contributed by atoms with Gasteiger partial charge in [0.05, 0.1) is 0 Å². The SMILES string of the molecule is O=C(O)CCc1cc(CCC(=O)O)c2cccccc1-2. The van der Waals surface area contributed by atoms with Crippen molar-refractivity contribution < 1.29 is 19.8 Å². The molecule has 0 bridgehead atoms. The minimum absolute atomic E-state index is 0.0795. The summed E-state index contributed by atoms with van der Waals surface area (Å²) in [6.45, 7) is 0. The number of carbonyl (C=O) groups is 2. The average molecular weight is 272 g/mol. The van der Waals surface area contributed by atoms with Gasteiger partial charge in [0, 0.05) is 12.8 Å². The standard InChI is InChI=1S/C16H16O4/c17-15(18)8-6-11-10-12(7-9-16(19)20)14-5-3-1-2-4-13(11)14/h1-5,10H,6-9H2,(H,17,18)(H,19,20).